The second kappa shape index (κ2) is 13.8. The van der Waals surface area contributed by atoms with Crippen LogP contribution in [0.25, 0.3) is 11.0 Å². The summed E-state index contributed by atoms with van der Waals surface area (Å²) >= 11 is 0. The summed E-state index contributed by atoms with van der Waals surface area (Å²) in [7, 11) is 0. The minimum absolute atomic E-state index is 0.0281. The number of pyridine rings is 2. The lowest BCUT2D eigenvalue weighted by Gasteiger charge is -2.37. The van der Waals surface area contributed by atoms with E-state index >= 15 is 4.39 Å². The van der Waals surface area contributed by atoms with Gasteiger partial charge in [0, 0.05) is 24.1 Å². The van der Waals surface area contributed by atoms with Crippen LogP contribution in [-0.4, -0.2) is 61.2 Å². The molecule has 3 N–H and O–H groups in total. The van der Waals surface area contributed by atoms with Crippen molar-refractivity contribution >= 4 is 28.7 Å². The minimum atomic E-state index is -1.13. The van der Waals surface area contributed by atoms with Gasteiger partial charge in [0.05, 0.1) is 54.6 Å². The van der Waals surface area contributed by atoms with Gasteiger partial charge in [0.2, 0.25) is 5.91 Å². The van der Waals surface area contributed by atoms with Crippen molar-refractivity contribution in [2.75, 3.05) is 18.5 Å². The molecule has 4 heterocycles. The first-order chi connectivity index (χ1) is 23.1. The molecule has 3 atom stereocenters. The van der Waals surface area contributed by atoms with Crippen molar-refractivity contribution in [2.45, 2.75) is 51.2 Å². The summed E-state index contributed by atoms with van der Waals surface area (Å²) < 4.78 is 49.6. The number of aromatic nitrogens is 4. The first kappa shape index (κ1) is 32.6. The Morgan fingerprint density at radius 1 is 1.04 bits per heavy atom. The molecule has 1 fully saturated rings. The normalized spacial score (nSPS) is 17.0. The molecular formula is C35H33F3N6O4. The molecule has 3 aromatic heterocycles. The van der Waals surface area contributed by atoms with Crippen molar-refractivity contribution in [1.29, 1.82) is 0 Å². The molecule has 0 aliphatic carbocycles. The summed E-state index contributed by atoms with van der Waals surface area (Å²) in [5.74, 6) is -2.59. The summed E-state index contributed by atoms with van der Waals surface area (Å²) in [5.41, 5.74) is 4.71. The SMILES string of the molecule is Cc1cc2nc(C3COC(CCc4c(F)cncc4NC(=O)C[C@@H](c4ccc(F)cc4)c4ccncc4F)CN3C(=O)O)[nH]c2cc1C. The molecule has 2 amide bonds. The fourth-order valence-electron chi connectivity index (χ4n) is 6.06. The number of carboxylic acid groups (broad SMARTS) is 1. The largest absolute Gasteiger partial charge is 0.465 e. The number of rotatable bonds is 9. The highest BCUT2D eigenvalue weighted by molar-refractivity contribution is 5.92. The number of aryl methyl sites for hydroxylation is 2. The van der Waals surface area contributed by atoms with E-state index in [9.17, 15) is 23.5 Å². The van der Waals surface area contributed by atoms with E-state index in [2.05, 4.69) is 25.3 Å². The maximum Gasteiger partial charge on any atom is 0.408 e. The predicted octanol–water partition coefficient (Wildman–Crippen LogP) is 6.60. The molecule has 2 unspecified atom stereocenters. The molecule has 6 rings (SSSR count). The van der Waals surface area contributed by atoms with Crippen LogP contribution in [0.4, 0.5) is 23.7 Å². The lowest BCUT2D eigenvalue weighted by molar-refractivity contribution is -0.116. The number of nitrogens with one attached hydrogen (secondary N) is 2. The average molecular weight is 659 g/mol. The Balaban J connectivity index is 1.15. The maximum atomic E-state index is 15.1. The highest BCUT2D eigenvalue weighted by atomic mass is 19.1. The van der Waals surface area contributed by atoms with Crippen LogP contribution in [0, 0.1) is 31.3 Å². The van der Waals surface area contributed by atoms with Crippen molar-refractivity contribution in [3.8, 4) is 0 Å². The van der Waals surface area contributed by atoms with Crippen LogP contribution in [0.5, 0.6) is 0 Å². The number of halogens is 3. The summed E-state index contributed by atoms with van der Waals surface area (Å²) in [5, 5.41) is 12.8. The van der Waals surface area contributed by atoms with Crippen LogP contribution >= 0.6 is 0 Å². The minimum Gasteiger partial charge on any atom is -0.465 e. The molecule has 0 bridgehead atoms. The number of H-pyrrole nitrogens is 1. The van der Waals surface area contributed by atoms with Crippen molar-refractivity contribution in [1.82, 2.24) is 24.8 Å². The predicted molar refractivity (Wildman–Crippen MR) is 171 cm³/mol. The van der Waals surface area contributed by atoms with Crippen LogP contribution in [0.15, 0.2) is 67.3 Å². The first-order valence-corrected chi connectivity index (χ1v) is 15.4. The third-order valence-corrected chi connectivity index (χ3v) is 8.78. The van der Waals surface area contributed by atoms with E-state index in [0.29, 0.717) is 11.4 Å². The Kier molecular flexibility index (Phi) is 9.40. The average Bonchev–Trinajstić information content (AvgIpc) is 3.46. The van der Waals surface area contributed by atoms with Crippen LogP contribution < -0.4 is 5.32 Å². The highest BCUT2D eigenvalue weighted by Gasteiger charge is 2.35. The molecule has 0 spiro atoms. The molecule has 1 aliphatic heterocycles. The van der Waals surface area contributed by atoms with Crippen molar-refractivity contribution in [3.63, 3.8) is 0 Å². The number of ether oxygens (including phenoxy) is 1. The number of hydrogen-bond acceptors (Lipinski definition) is 6. The third-order valence-electron chi connectivity index (χ3n) is 8.78. The fraction of sp³-hybridized carbons (Fsp3) is 0.286. The number of nitrogens with zero attached hydrogens (tertiary/aromatic N) is 4. The van der Waals surface area contributed by atoms with Crippen molar-refractivity contribution in [2.24, 2.45) is 0 Å². The lowest BCUT2D eigenvalue weighted by Crippen LogP contribution is -2.47. The van der Waals surface area contributed by atoms with Gasteiger partial charge < -0.3 is 20.1 Å². The summed E-state index contributed by atoms with van der Waals surface area (Å²) in [4.78, 5) is 42.4. The zero-order chi connectivity index (χ0) is 33.9. The van der Waals surface area contributed by atoms with Gasteiger partial charge in [-0.15, -0.1) is 0 Å². The molecule has 5 aromatic rings. The molecule has 10 nitrogen and oxygen atoms in total. The number of amides is 2. The Hall–Kier alpha value is -5.30. The Morgan fingerprint density at radius 3 is 2.54 bits per heavy atom. The van der Waals surface area contributed by atoms with Crippen molar-refractivity contribution in [3.05, 3.63) is 118 Å². The van der Waals surface area contributed by atoms with Gasteiger partial charge >= 0.3 is 6.09 Å². The van der Waals surface area contributed by atoms with Gasteiger partial charge in [0.25, 0.3) is 0 Å². The third kappa shape index (κ3) is 7.00. The van der Waals surface area contributed by atoms with E-state index in [1.165, 1.54) is 47.6 Å². The number of carbonyl (C=O) groups excluding carboxylic acids is 1. The van der Waals surface area contributed by atoms with Gasteiger partial charge in [-0.25, -0.2) is 22.9 Å². The molecule has 13 heteroatoms. The smallest absolute Gasteiger partial charge is 0.408 e. The zero-order valence-electron chi connectivity index (χ0n) is 26.2. The highest BCUT2D eigenvalue weighted by Crippen LogP contribution is 2.32. The number of benzene rings is 2. The van der Waals surface area contributed by atoms with Gasteiger partial charge in [-0.3, -0.25) is 19.7 Å². The van der Waals surface area contributed by atoms with Gasteiger partial charge in [-0.1, -0.05) is 12.1 Å². The Labute approximate surface area is 274 Å². The topological polar surface area (TPSA) is 133 Å². The van der Waals surface area contributed by atoms with Gasteiger partial charge in [-0.05, 0) is 79.3 Å². The van der Waals surface area contributed by atoms with Crippen LogP contribution in [0.1, 0.15) is 58.4 Å². The second-order valence-corrected chi connectivity index (χ2v) is 11.9. The van der Waals surface area contributed by atoms with Crippen LogP contribution in [-0.2, 0) is 16.0 Å². The molecule has 0 saturated carbocycles. The van der Waals surface area contributed by atoms with Gasteiger partial charge in [-0.2, -0.15) is 0 Å². The second-order valence-electron chi connectivity index (χ2n) is 11.9. The molecule has 1 saturated heterocycles. The zero-order valence-corrected chi connectivity index (χ0v) is 26.2. The molecule has 48 heavy (non-hydrogen) atoms. The van der Waals surface area contributed by atoms with E-state index in [-0.39, 0.29) is 49.2 Å². The Bertz CT molecular complexity index is 1930. The van der Waals surface area contributed by atoms with Crippen LogP contribution in [0.3, 0.4) is 0 Å². The number of fused-ring (bicyclic) bond motifs is 1. The van der Waals surface area contributed by atoms with Gasteiger partial charge in [0.15, 0.2) is 0 Å². The molecule has 2 aromatic carbocycles. The maximum absolute atomic E-state index is 15.1. The molecule has 248 valence electrons. The number of anilines is 1. The van der Waals surface area contributed by atoms with E-state index in [4.69, 9.17) is 4.74 Å². The lowest BCUT2D eigenvalue weighted by atomic mass is 9.88. The van der Waals surface area contributed by atoms with E-state index in [1.54, 1.807) is 0 Å². The molecule has 0 radical (unpaired) electrons. The fourth-order valence-corrected chi connectivity index (χ4v) is 6.06. The summed E-state index contributed by atoms with van der Waals surface area (Å²) in [6, 6.07) is 10.1. The monoisotopic (exact) mass is 658 g/mol. The summed E-state index contributed by atoms with van der Waals surface area (Å²) in [6.07, 6.45) is 3.23. The summed E-state index contributed by atoms with van der Waals surface area (Å²) in [6.45, 7) is 4.05. The molecular weight excluding hydrogens is 625 g/mol. The van der Waals surface area contributed by atoms with Crippen LogP contribution in [0.2, 0.25) is 0 Å². The number of aromatic amines is 1. The number of hydrogen-bond donors (Lipinski definition) is 3. The van der Waals surface area contributed by atoms with E-state index < -0.39 is 47.5 Å². The standard InChI is InChI=1S/C35H33F3N6O4/c1-19-11-29-30(12-20(19)2)43-34(42-29)32-18-48-23(17-44(32)35(46)47)7-8-25-28(38)15-40-16-31(25)41-33(45)13-26(21-3-5-22(36)6-4-21)24-9-10-39-14-27(24)37/h3-6,9-12,14-16,23,26,32H,7-8,13,17-18H2,1-2H3,(H,41,45)(H,42,43)(H,46,47)/t23?,26-,32?/m0/s1. The number of morpholine rings is 1. The first-order valence-electron chi connectivity index (χ1n) is 15.4. The number of imidazole rings is 1. The van der Waals surface area contributed by atoms with Crippen molar-refractivity contribution < 1.29 is 32.6 Å². The molecule has 1 aliphatic rings. The van der Waals surface area contributed by atoms with Gasteiger partial charge in [0.1, 0.15) is 29.3 Å². The van der Waals surface area contributed by atoms with E-state index in [1.807, 2.05) is 26.0 Å². The number of carbonyl (C=O) groups is 2. The Morgan fingerprint density at radius 2 is 1.79 bits per heavy atom. The van der Waals surface area contributed by atoms with E-state index in [0.717, 1.165) is 34.6 Å². The quantitative estimate of drug-likeness (QED) is 0.163.